The number of anilines is 2. The fourth-order valence-electron chi connectivity index (χ4n) is 3.24. The summed E-state index contributed by atoms with van der Waals surface area (Å²) in [6, 6.07) is 10.1. The van der Waals surface area contributed by atoms with Gasteiger partial charge >= 0.3 is 0 Å². The summed E-state index contributed by atoms with van der Waals surface area (Å²) in [6.45, 7) is 5.05. The molecule has 3 rings (SSSR count). The van der Waals surface area contributed by atoms with Gasteiger partial charge in [-0.3, -0.25) is 9.59 Å². The van der Waals surface area contributed by atoms with Crippen LogP contribution in [0.3, 0.4) is 0 Å². The minimum Gasteiger partial charge on any atom is -0.497 e. The minimum atomic E-state index is -0.473. The Hall–Kier alpha value is -3.26. The van der Waals surface area contributed by atoms with Crippen molar-refractivity contribution in [3.63, 3.8) is 0 Å². The average Bonchev–Trinajstić information content (AvgIpc) is 3.32. The van der Waals surface area contributed by atoms with E-state index in [1.54, 1.807) is 43.5 Å². The summed E-state index contributed by atoms with van der Waals surface area (Å²) in [5, 5.41) is 5.73. The Labute approximate surface area is 181 Å². The predicted molar refractivity (Wildman–Crippen MR) is 117 cm³/mol. The smallest absolute Gasteiger partial charge is 0.255 e. The van der Waals surface area contributed by atoms with Crippen molar-refractivity contribution in [2.75, 3.05) is 37.6 Å². The molecule has 0 saturated carbocycles. The van der Waals surface area contributed by atoms with Crippen LogP contribution in [0.25, 0.3) is 0 Å². The van der Waals surface area contributed by atoms with Crippen LogP contribution in [0.15, 0.2) is 36.4 Å². The average molecular weight is 428 g/mol. The number of methoxy groups -OCH3 is 1. The second-order valence-electron chi connectivity index (χ2n) is 6.88. The number of hydrogen-bond donors (Lipinski definition) is 2. The largest absolute Gasteiger partial charge is 0.497 e. The lowest BCUT2D eigenvalue weighted by atomic mass is 10.1. The molecular weight excluding hydrogens is 400 g/mol. The Morgan fingerprint density at radius 2 is 1.61 bits per heavy atom. The van der Waals surface area contributed by atoms with E-state index in [2.05, 4.69) is 10.6 Å². The topological polar surface area (TPSA) is 95.1 Å². The molecule has 166 valence electrons. The van der Waals surface area contributed by atoms with Gasteiger partial charge in [0, 0.05) is 24.3 Å². The van der Waals surface area contributed by atoms with Gasteiger partial charge in [0.25, 0.3) is 11.8 Å². The van der Waals surface area contributed by atoms with Crippen molar-refractivity contribution in [1.29, 1.82) is 0 Å². The van der Waals surface area contributed by atoms with Gasteiger partial charge in [-0.25, -0.2) is 0 Å². The van der Waals surface area contributed by atoms with Crippen LogP contribution in [0.4, 0.5) is 11.4 Å². The van der Waals surface area contributed by atoms with E-state index in [1.807, 2.05) is 13.8 Å². The molecule has 0 aliphatic carbocycles. The summed E-state index contributed by atoms with van der Waals surface area (Å²) < 4.78 is 22.0. The molecule has 1 aliphatic rings. The van der Waals surface area contributed by atoms with Gasteiger partial charge in [-0.1, -0.05) is 0 Å². The second-order valence-corrected chi connectivity index (χ2v) is 6.88. The first-order valence-corrected chi connectivity index (χ1v) is 10.4. The van der Waals surface area contributed by atoms with Crippen LogP contribution >= 0.6 is 0 Å². The molecule has 31 heavy (non-hydrogen) atoms. The molecule has 0 unspecified atom stereocenters. The first-order valence-electron chi connectivity index (χ1n) is 10.4. The van der Waals surface area contributed by atoms with Gasteiger partial charge in [0.2, 0.25) is 0 Å². The maximum atomic E-state index is 12.7. The van der Waals surface area contributed by atoms with Crippen molar-refractivity contribution in [3.8, 4) is 17.2 Å². The lowest BCUT2D eigenvalue weighted by molar-refractivity contribution is -0.124. The third kappa shape index (κ3) is 5.67. The third-order valence-electron chi connectivity index (χ3n) is 4.76. The standard InChI is InChI=1S/C23H28N2O6/c1-4-29-20-14-18(25-23(27)19-7-6-12-31-19)21(30-5-2)13-17(20)24-22(26)15-8-10-16(28-3)11-9-15/h8-11,13-14,19H,4-7,12H2,1-3H3,(H,24,26)(H,25,27)/t19-/m0/s1. The Kier molecular flexibility index (Phi) is 7.72. The van der Waals surface area contributed by atoms with Crippen LogP contribution in [0.5, 0.6) is 17.2 Å². The Balaban J connectivity index is 1.86. The molecule has 1 atom stereocenters. The summed E-state index contributed by atoms with van der Waals surface area (Å²) in [4.78, 5) is 25.3. The summed E-state index contributed by atoms with van der Waals surface area (Å²) in [5.41, 5.74) is 1.38. The van der Waals surface area contributed by atoms with Gasteiger partial charge in [-0.15, -0.1) is 0 Å². The molecule has 8 nitrogen and oxygen atoms in total. The summed E-state index contributed by atoms with van der Waals surface area (Å²) in [7, 11) is 1.57. The summed E-state index contributed by atoms with van der Waals surface area (Å²) >= 11 is 0. The summed E-state index contributed by atoms with van der Waals surface area (Å²) in [6.07, 6.45) is 1.07. The first kappa shape index (κ1) is 22.4. The molecule has 1 heterocycles. The van der Waals surface area contributed by atoms with Gasteiger partial charge in [-0.2, -0.15) is 0 Å². The highest BCUT2D eigenvalue weighted by Gasteiger charge is 2.25. The van der Waals surface area contributed by atoms with Crippen molar-refractivity contribution in [2.45, 2.75) is 32.8 Å². The van der Waals surface area contributed by atoms with Crippen LogP contribution < -0.4 is 24.8 Å². The normalized spacial score (nSPS) is 15.3. The molecule has 2 amide bonds. The number of nitrogens with one attached hydrogen (secondary N) is 2. The van der Waals surface area contributed by atoms with Crippen LogP contribution in [0, 0.1) is 0 Å². The molecule has 1 fully saturated rings. The lowest BCUT2D eigenvalue weighted by Gasteiger charge is -2.19. The Morgan fingerprint density at radius 3 is 2.13 bits per heavy atom. The van der Waals surface area contributed by atoms with E-state index >= 15 is 0 Å². The van der Waals surface area contributed by atoms with Crippen molar-refractivity contribution in [2.24, 2.45) is 0 Å². The zero-order valence-corrected chi connectivity index (χ0v) is 18.0. The monoisotopic (exact) mass is 428 g/mol. The molecule has 0 radical (unpaired) electrons. The van der Waals surface area contributed by atoms with Gasteiger partial charge in [0.15, 0.2) is 0 Å². The zero-order valence-electron chi connectivity index (χ0n) is 18.0. The minimum absolute atomic E-state index is 0.226. The Bertz CT molecular complexity index is 907. The number of hydrogen-bond acceptors (Lipinski definition) is 6. The van der Waals surface area contributed by atoms with Crippen molar-refractivity contribution in [3.05, 3.63) is 42.0 Å². The first-order chi connectivity index (χ1) is 15.0. The van der Waals surface area contributed by atoms with Crippen molar-refractivity contribution < 1.29 is 28.5 Å². The van der Waals surface area contributed by atoms with Crippen molar-refractivity contribution in [1.82, 2.24) is 0 Å². The maximum absolute atomic E-state index is 12.7. The molecule has 8 heteroatoms. The molecule has 1 aliphatic heterocycles. The molecule has 0 bridgehead atoms. The number of amides is 2. The lowest BCUT2D eigenvalue weighted by Crippen LogP contribution is -2.27. The SMILES string of the molecule is CCOc1cc(NC(=O)[C@@H]2CCCO2)c(OCC)cc1NC(=O)c1ccc(OC)cc1. The molecule has 2 aromatic rings. The van der Waals surface area contributed by atoms with Gasteiger partial charge in [0.05, 0.1) is 31.7 Å². The molecule has 1 saturated heterocycles. The summed E-state index contributed by atoms with van der Waals surface area (Å²) in [5.74, 6) is 0.993. The highest BCUT2D eigenvalue weighted by atomic mass is 16.5. The van der Waals surface area contributed by atoms with Gasteiger partial charge in [0.1, 0.15) is 23.4 Å². The van der Waals surface area contributed by atoms with E-state index in [0.29, 0.717) is 60.4 Å². The van der Waals surface area contributed by atoms with Crippen LogP contribution in [0.1, 0.15) is 37.0 Å². The zero-order chi connectivity index (χ0) is 22.2. The molecular formula is C23H28N2O6. The molecule has 0 aromatic heterocycles. The third-order valence-corrected chi connectivity index (χ3v) is 4.76. The fraction of sp³-hybridized carbons (Fsp3) is 0.391. The van der Waals surface area contributed by atoms with E-state index in [4.69, 9.17) is 18.9 Å². The second kappa shape index (κ2) is 10.7. The van der Waals surface area contributed by atoms with E-state index in [-0.39, 0.29) is 11.8 Å². The van der Waals surface area contributed by atoms with E-state index in [1.165, 1.54) is 0 Å². The van der Waals surface area contributed by atoms with E-state index in [0.717, 1.165) is 6.42 Å². The van der Waals surface area contributed by atoms with Crippen molar-refractivity contribution >= 4 is 23.2 Å². The van der Waals surface area contributed by atoms with Gasteiger partial charge < -0.3 is 29.6 Å². The van der Waals surface area contributed by atoms with Crippen LogP contribution in [-0.4, -0.2) is 44.8 Å². The molecule has 0 spiro atoms. The van der Waals surface area contributed by atoms with E-state index < -0.39 is 6.10 Å². The number of benzene rings is 2. The molecule has 2 N–H and O–H groups in total. The fourth-order valence-corrected chi connectivity index (χ4v) is 3.24. The predicted octanol–water partition coefficient (Wildman–Crippen LogP) is 3.86. The maximum Gasteiger partial charge on any atom is 0.255 e. The van der Waals surface area contributed by atoms with E-state index in [9.17, 15) is 9.59 Å². The van der Waals surface area contributed by atoms with Crippen LogP contribution in [-0.2, 0) is 9.53 Å². The quantitative estimate of drug-likeness (QED) is 0.630. The Morgan fingerprint density at radius 1 is 1.00 bits per heavy atom. The number of carbonyl (C=O) groups is 2. The highest BCUT2D eigenvalue weighted by Crippen LogP contribution is 2.37. The van der Waals surface area contributed by atoms with Crippen LogP contribution in [0.2, 0.25) is 0 Å². The number of carbonyl (C=O) groups excluding carboxylic acids is 2. The molecule has 2 aromatic carbocycles. The number of ether oxygens (including phenoxy) is 4. The number of rotatable bonds is 9. The van der Waals surface area contributed by atoms with Gasteiger partial charge in [-0.05, 0) is 51.0 Å². The highest BCUT2D eigenvalue weighted by molar-refractivity contribution is 6.06.